The fourth-order valence-corrected chi connectivity index (χ4v) is 4.76. The van der Waals surface area contributed by atoms with E-state index in [-0.39, 0.29) is 0 Å². The van der Waals surface area contributed by atoms with Gasteiger partial charge in [-0.1, -0.05) is 46.5 Å². The molecule has 20 heavy (non-hydrogen) atoms. The number of rotatable bonds is 9. The smallest absolute Gasteiger partial charge is 0.0456 e. The standard InChI is InChI=1S/C19H36O/c1-16(15-20)7-4-9-18(2,3)10-6-12-19-11-5-8-17(13-19)14-19/h16-17,20H,4-15H2,1-3H3. The van der Waals surface area contributed by atoms with Gasteiger partial charge in [0.1, 0.15) is 0 Å². The van der Waals surface area contributed by atoms with Crippen molar-refractivity contribution in [2.45, 2.75) is 91.4 Å². The molecule has 2 bridgehead atoms. The molecule has 0 heterocycles. The van der Waals surface area contributed by atoms with E-state index in [0.29, 0.717) is 17.9 Å². The highest BCUT2D eigenvalue weighted by Gasteiger charge is 2.46. The fraction of sp³-hybridized carbons (Fsp3) is 1.00. The largest absolute Gasteiger partial charge is 0.396 e. The Balaban J connectivity index is 1.60. The number of fused-ring (bicyclic) bond motifs is 2. The lowest BCUT2D eigenvalue weighted by atomic mass is 9.52. The van der Waals surface area contributed by atoms with Crippen LogP contribution in [0.3, 0.4) is 0 Å². The highest BCUT2D eigenvalue weighted by atomic mass is 16.3. The van der Waals surface area contributed by atoms with Gasteiger partial charge >= 0.3 is 0 Å². The summed E-state index contributed by atoms with van der Waals surface area (Å²) in [6.07, 6.45) is 15.8. The van der Waals surface area contributed by atoms with Gasteiger partial charge in [-0.2, -0.15) is 0 Å². The first-order valence-corrected chi connectivity index (χ1v) is 9.06. The Kier molecular flexibility index (Phi) is 5.56. The molecule has 0 saturated heterocycles. The van der Waals surface area contributed by atoms with Crippen molar-refractivity contribution in [1.29, 1.82) is 0 Å². The molecule has 1 N–H and O–H groups in total. The molecule has 3 rings (SSSR count). The summed E-state index contributed by atoms with van der Waals surface area (Å²) in [5.74, 6) is 1.59. The zero-order chi connectivity index (χ0) is 14.6. The Morgan fingerprint density at radius 3 is 2.50 bits per heavy atom. The van der Waals surface area contributed by atoms with Gasteiger partial charge in [-0.05, 0) is 67.6 Å². The highest BCUT2D eigenvalue weighted by Crippen LogP contribution is 2.58. The van der Waals surface area contributed by atoms with E-state index in [9.17, 15) is 0 Å². The molecular formula is C19H36O. The van der Waals surface area contributed by atoms with Crippen molar-refractivity contribution < 1.29 is 5.11 Å². The summed E-state index contributed by atoms with van der Waals surface area (Å²) in [6, 6.07) is 0. The SMILES string of the molecule is CC(CO)CCCC(C)(C)CCCC12CCCC(C1)C2. The van der Waals surface area contributed by atoms with Crippen molar-refractivity contribution in [3.8, 4) is 0 Å². The predicted octanol–water partition coefficient (Wildman–Crippen LogP) is 5.56. The molecule has 1 unspecified atom stereocenters. The van der Waals surface area contributed by atoms with E-state index in [2.05, 4.69) is 20.8 Å². The fourth-order valence-electron chi connectivity index (χ4n) is 4.76. The van der Waals surface area contributed by atoms with Gasteiger partial charge in [0.15, 0.2) is 0 Å². The molecule has 3 fully saturated rings. The van der Waals surface area contributed by atoms with E-state index < -0.39 is 0 Å². The van der Waals surface area contributed by atoms with Gasteiger partial charge in [0.2, 0.25) is 0 Å². The Morgan fingerprint density at radius 1 is 1.20 bits per heavy atom. The second-order valence-electron chi connectivity index (χ2n) is 8.86. The molecule has 0 radical (unpaired) electrons. The van der Waals surface area contributed by atoms with Crippen LogP contribution in [0.25, 0.3) is 0 Å². The lowest BCUT2D eigenvalue weighted by Crippen LogP contribution is -2.41. The van der Waals surface area contributed by atoms with Crippen LogP contribution in [0.2, 0.25) is 0 Å². The summed E-state index contributed by atoms with van der Waals surface area (Å²) in [6.45, 7) is 7.39. The first kappa shape index (κ1) is 16.3. The van der Waals surface area contributed by atoms with Crippen molar-refractivity contribution in [3.05, 3.63) is 0 Å². The second-order valence-corrected chi connectivity index (χ2v) is 8.86. The summed E-state index contributed by atoms with van der Waals surface area (Å²) in [7, 11) is 0. The molecule has 0 aliphatic heterocycles. The summed E-state index contributed by atoms with van der Waals surface area (Å²) < 4.78 is 0. The topological polar surface area (TPSA) is 20.2 Å². The Morgan fingerprint density at radius 2 is 1.90 bits per heavy atom. The third-order valence-corrected chi connectivity index (χ3v) is 6.19. The molecule has 3 aliphatic carbocycles. The maximum Gasteiger partial charge on any atom is 0.0456 e. The first-order valence-electron chi connectivity index (χ1n) is 9.06. The molecule has 1 heteroatoms. The van der Waals surface area contributed by atoms with Crippen molar-refractivity contribution in [2.75, 3.05) is 6.61 Å². The van der Waals surface area contributed by atoms with Crippen LogP contribution in [0.15, 0.2) is 0 Å². The van der Waals surface area contributed by atoms with Crippen molar-refractivity contribution in [1.82, 2.24) is 0 Å². The van der Waals surface area contributed by atoms with Crippen LogP contribution in [-0.2, 0) is 0 Å². The number of aliphatic hydroxyl groups excluding tert-OH is 1. The lowest BCUT2D eigenvalue weighted by Gasteiger charge is -2.53. The van der Waals surface area contributed by atoms with Crippen molar-refractivity contribution in [3.63, 3.8) is 0 Å². The van der Waals surface area contributed by atoms with Crippen molar-refractivity contribution >= 4 is 0 Å². The van der Waals surface area contributed by atoms with E-state index in [1.54, 1.807) is 12.8 Å². The van der Waals surface area contributed by atoms with Gasteiger partial charge in [0, 0.05) is 6.61 Å². The number of aliphatic hydroxyl groups is 1. The van der Waals surface area contributed by atoms with E-state index in [1.165, 1.54) is 57.8 Å². The molecular weight excluding hydrogens is 244 g/mol. The zero-order valence-electron chi connectivity index (χ0n) is 14.1. The van der Waals surface area contributed by atoms with Crippen molar-refractivity contribution in [2.24, 2.45) is 22.7 Å². The quantitative estimate of drug-likeness (QED) is 0.586. The van der Waals surface area contributed by atoms with Crippen LogP contribution in [0.5, 0.6) is 0 Å². The molecule has 0 aromatic carbocycles. The van der Waals surface area contributed by atoms with Gasteiger partial charge in [-0.25, -0.2) is 0 Å². The van der Waals surface area contributed by atoms with Gasteiger partial charge in [-0.15, -0.1) is 0 Å². The minimum atomic E-state index is 0.351. The van der Waals surface area contributed by atoms with Crippen LogP contribution in [-0.4, -0.2) is 11.7 Å². The maximum absolute atomic E-state index is 9.08. The van der Waals surface area contributed by atoms with E-state index in [0.717, 1.165) is 11.3 Å². The van der Waals surface area contributed by atoms with Gasteiger partial charge in [0.05, 0.1) is 0 Å². The van der Waals surface area contributed by atoms with Gasteiger partial charge < -0.3 is 5.11 Å². The summed E-state index contributed by atoms with van der Waals surface area (Å²) in [5, 5.41) is 9.08. The zero-order valence-corrected chi connectivity index (χ0v) is 14.1. The second kappa shape index (κ2) is 6.81. The number of hydrogen-bond donors (Lipinski definition) is 1. The first-order chi connectivity index (χ1) is 9.45. The van der Waals surface area contributed by atoms with Crippen LogP contribution in [0.4, 0.5) is 0 Å². The van der Waals surface area contributed by atoms with E-state index in [4.69, 9.17) is 5.11 Å². The van der Waals surface area contributed by atoms with Crippen LogP contribution in [0, 0.1) is 22.7 Å². The lowest BCUT2D eigenvalue weighted by molar-refractivity contribution is -0.0160. The maximum atomic E-state index is 9.08. The molecule has 3 saturated carbocycles. The van der Waals surface area contributed by atoms with E-state index >= 15 is 0 Å². The minimum Gasteiger partial charge on any atom is -0.396 e. The van der Waals surface area contributed by atoms with Gasteiger partial charge in [-0.3, -0.25) is 0 Å². The molecule has 3 aliphatic rings. The van der Waals surface area contributed by atoms with Crippen LogP contribution < -0.4 is 0 Å². The van der Waals surface area contributed by atoms with Crippen LogP contribution >= 0.6 is 0 Å². The molecule has 0 aromatic rings. The Bertz CT molecular complexity index is 283. The molecule has 118 valence electrons. The highest BCUT2D eigenvalue weighted by molar-refractivity contribution is 4.97. The summed E-state index contributed by atoms with van der Waals surface area (Å²) in [4.78, 5) is 0. The Labute approximate surface area is 126 Å². The van der Waals surface area contributed by atoms with E-state index in [1.807, 2.05) is 0 Å². The van der Waals surface area contributed by atoms with Gasteiger partial charge in [0.25, 0.3) is 0 Å². The molecule has 0 spiro atoms. The normalized spacial score (nSPS) is 30.9. The molecule has 1 nitrogen and oxygen atoms in total. The van der Waals surface area contributed by atoms with Crippen LogP contribution in [0.1, 0.15) is 91.4 Å². The average molecular weight is 280 g/mol. The Hall–Kier alpha value is -0.0400. The summed E-state index contributed by atoms with van der Waals surface area (Å²) in [5.41, 5.74) is 1.30. The third-order valence-electron chi connectivity index (χ3n) is 6.19. The average Bonchev–Trinajstić information content (AvgIpc) is 2.37. The third kappa shape index (κ3) is 4.48. The number of hydrogen-bond acceptors (Lipinski definition) is 1. The molecule has 0 amide bonds. The monoisotopic (exact) mass is 280 g/mol. The summed E-state index contributed by atoms with van der Waals surface area (Å²) >= 11 is 0. The minimum absolute atomic E-state index is 0.351. The molecule has 0 aromatic heterocycles. The predicted molar refractivity (Wildman–Crippen MR) is 86.7 cm³/mol. The molecule has 1 atom stereocenters.